The number of aliphatic hydroxyl groups is 2. The van der Waals surface area contributed by atoms with E-state index < -0.39 is 36.4 Å². The molecule has 1 aromatic heterocycles. The van der Waals surface area contributed by atoms with Gasteiger partial charge in [-0.1, -0.05) is 5.11 Å². The van der Waals surface area contributed by atoms with E-state index in [4.69, 9.17) is 21.1 Å². The van der Waals surface area contributed by atoms with Crippen molar-refractivity contribution in [2.75, 3.05) is 12.3 Å². The fourth-order valence-corrected chi connectivity index (χ4v) is 1.98. The van der Waals surface area contributed by atoms with Gasteiger partial charge in [0.25, 0.3) is 0 Å². The molecular formula is C9H11FN6O4. The molecule has 0 aromatic carbocycles. The normalized spacial score (nSPS) is 32.9. The van der Waals surface area contributed by atoms with Crippen molar-refractivity contribution in [3.05, 3.63) is 32.7 Å². The van der Waals surface area contributed by atoms with Gasteiger partial charge in [-0.25, -0.2) is 14.2 Å². The average molecular weight is 286 g/mol. The summed E-state index contributed by atoms with van der Waals surface area (Å²) in [7, 11) is 0. The van der Waals surface area contributed by atoms with Gasteiger partial charge in [0.05, 0.1) is 6.61 Å². The molecule has 1 aliphatic heterocycles. The first-order valence-electron chi connectivity index (χ1n) is 5.47. The Hall–Kier alpha value is -2.20. The molecule has 0 saturated carbocycles. The number of rotatable bonds is 3. The number of halogens is 1. The number of aliphatic hydroxyl groups excluding tert-OH is 2. The third-order valence-electron chi connectivity index (χ3n) is 2.99. The minimum absolute atomic E-state index is 0.0169. The summed E-state index contributed by atoms with van der Waals surface area (Å²) in [4.78, 5) is 18.9. The van der Waals surface area contributed by atoms with Gasteiger partial charge in [-0.2, -0.15) is 0 Å². The lowest BCUT2D eigenvalue weighted by Crippen LogP contribution is -2.41. The molecule has 1 fully saturated rings. The van der Waals surface area contributed by atoms with Crippen LogP contribution in [0.4, 0.5) is 10.2 Å². The van der Waals surface area contributed by atoms with Crippen molar-refractivity contribution in [1.29, 1.82) is 0 Å². The highest BCUT2D eigenvalue weighted by molar-refractivity contribution is 5.40. The number of nitrogens with zero attached hydrogens (tertiary/aromatic N) is 4. The van der Waals surface area contributed by atoms with Crippen molar-refractivity contribution in [2.24, 2.45) is 5.11 Å². The number of aromatic nitrogens is 2. The van der Waals surface area contributed by atoms with Crippen molar-refractivity contribution in [3.63, 3.8) is 0 Å². The van der Waals surface area contributed by atoms with Gasteiger partial charge in [0.1, 0.15) is 18.0 Å². The summed E-state index contributed by atoms with van der Waals surface area (Å²) in [6.45, 7) is -0.970. The van der Waals surface area contributed by atoms with Crippen LogP contribution in [-0.4, -0.2) is 44.8 Å². The highest BCUT2D eigenvalue weighted by Crippen LogP contribution is 2.43. The lowest BCUT2D eigenvalue weighted by atomic mass is 10.0. The fraction of sp³-hybridized carbons (Fsp3) is 0.556. The van der Waals surface area contributed by atoms with E-state index in [-0.39, 0.29) is 11.4 Å². The lowest BCUT2D eigenvalue weighted by molar-refractivity contribution is -0.0923. The Morgan fingerprint density at radius 3 is 3.00 bits per heavy atom. The topological polar surface area (TPSA) is 170 Å². The van der Waals surface area contributed by atoms with Crippen LogP contribution in [-0.2, 0) is 4.74 Å². The molecule has 4 atom stereocenters. The molecule has 0 bridgehead atoms. The quantitative estimate of drug-likeness (QED) is 0.319. The molecule has 11 heteroatoms. The molecule has 0 aliphatic carbocycles. The first-order valence-corrected chi connectivity index (χ1v) is 5.47. The van der Waals surface area contributed by atoms with Crippen molar-refractivity contribution in [3.8, 4) is 0 Å². The zero-order valence-corrected chi connectivity index (χ0v) is 9.97. The second-order valence-electron chi connectivity index (χ2n) is 4.18. The van der Waals surface area contributed by atoms with E-state index in [2.05, 4.69) is 20.0 Å². The Bertz CT molecular complexity index is 617. The molecular weight excluding hydrogens is 275 g/mol. The predicted octanol–water partition coefficient (Wildman–Crippen LogP) is -0.879. The van der Waals surface area contributed by atoms with Crippen molar-refractivity contribution >= 4 is 5.82 Å². The van der Waals surface area contributed by atoms with Gasteiger partial charge >= 0.3 is 5.69 Å². The lowest BCUT2D eigenvalue weighted by Gasteiger charge is -2.22. The van der Waals surface area contributed by atoms with E-state index in [0.29, 0.717) is 0 Å². The Labute approximate surface area is 110 Å². The van der Waals surface area contributed by atoms with E-state index in [1.165, 1.54) is 0 Å². The van der Waals surface area contributed by atoms with Crippen LogP contribution in [0.2, 0.25) is 0 Å². The van der Waals surface area contributed by atoms with E-state index in [1.807, 2.05) is 0 Å². The molecule has 0 radical (unpaired) electrons. The second kappa shape index (κ2) is 5.06. The van der Waals surface area contributed by atoms with Crippen LogP contribution < -0.4 is 11.4 Å². The summed E-state index contributed by atoms with van der Waals surface area (Å²) < 4.78 is 19.2. The number of aromatic amines is 1. The van der Waals surface area contributed by atoms with Crippen LogP contribution in [0.3, 0.4) is 0 Å². The Kier molecular flexibility index (Phi) is 3.59. The number of nitrogen functional groups attached to an aromatic ring is 1. The third-order valence-corrected chi connectivity index (χ3v) is 2.99. The number of nitrogens with one attached hydrogen (secondary N) is 1. The van der Waals surface area contributed by atoms with Gasteiger partial charge in [0, 0.05) is 16.7 Å². The largest absolute Gasteiger partial charge is 0.393 e. The Morgan fingerprint density at radius 2 is 2.45 bits per heavy atom. The van der Waals surface area contributed by atoms with Crippen LogP contribution in [0.1, 0.15) is 11.7 Å². The first-order chi connectivity index (χ1) is 9.45. The highest BCUT2D eigenvalue weighted by atomic mass is 19.1. The summed E-state index contributed by atoms with van der Waals surface area (Å²) in [6, 6.07) is 0. The Morgan fingerprint density at radius 1 is 1.75 bits per heavy atom. The number of nitrogens with two attached hydrogens (primary N) is 1. The molecule has 108 valence electrons. The summed E-state index contributed by atoms with van der Waals surface area (Å²) in [5.41, 5.74) is 11.0. The van der Waals surface area contributed by atoms with Gasteiger partial charge in [-0.3, -0.25) is 4.98 Å². The van der Waals surface area contributed by atoms with Crippen LogP contribution in [0.25, 0.3) is 10.4 Å². The zero-order chi connectivity index (χ0) is 14.9. The smallest absolute Gasteiger partial charge is 0.346 e. The molecule has 0 amide bonds. The van der Waals surface area contributed by atoms with Gasteiger partial charge in [0.2, 0.25) is 5.72 Å². The molecule has 10 nitrogen and oxygen atoms in total. The number of hydrogen-bond acceptors (Lipinski definition) is 7. The van der Waals surface area contributed by atoms with Crippen LogP contribution >= 0.6 is 0 Å². The second-order valence-corrected chi connectivity index (χ2v) is 4.18. The van der Waals surface area contributed by atoms with Gasteiger partial charge in [-0.05, 0) is 5.53 Å². The monoisotopic (exact) mass is 286 g/mol. The summed E-state index contributed by atoms with van der Waals surface area (Å²) >= 11 is 0. The molecule has 1 aliphatic rings. The molecule has 0 unspecified atom stereocenters. The molecule has 2 rings (SSSR count). The number of H-pyrrole nitrogens is 1. The first kappa shape index (κ1) is 14.2. The molecule has 0 spiro atoms. The Balaban J connectivity index is 2.44. The summed E-state index contributed by atoms with van der Waals surface area (Å²) in [5.74, 6) is -0.170. The average Bonchev–Trinajstić information content (AvgIpc) is 2.65. The summed E-state index contributed by atoms with van der Waals surface area (Å²) in [5, 5.41) is 22.1. The molecule has 1 saturated heterocycles. The van der Waals surface area contributed by atoms with Gasteiger partial charge < -0.3 is 20.7 Å². The van der Waals surface area contributed by atoms with Crippen LogP contribution in [0.15, 0.2) is 16.1 Å². The number of hydrogen-bond donors (Lipinski definition) is 4. The number of ether oxygens (including phenoxy) is 1. The third kappa shape index (κ3) is 2.08. The van der Waals surface area contributed by atoms with Gasteiger partial charge in [0.15, 0.2) is 6.17 Å². The number of alkyl halides is 1. The van der Waals surface area contributed by atoms with Crippen molar-refractivity contribution in [1.82, 2.24) is 9.97 Å². The minimum Gasteiger partial charge on any atom is -0.393 e. The van der Waals surface area contributed by atoms with Crippen molar-refractivity contribution in [2.45, 2.75) is 24.1 Å². The van der Waals surface area contributed by atoms with Crippen LogP contribution in [0.5, 0.6) is 0 Å². The van der Waals surface area contributed by atoms with Crippen LogP contribution in [0, 0.1) is 0 Å². The predicted molar refractivity (Wildman–Crippen MR) is 63.0 cm³/mol. The standard InChI is InChI=1S/C9H11FN6O4/c10-6-4(18)5(20-9(6,2-17)15-16-12)3-1-13-8(19)14-7(3)11/h1,4-6,17-18H,2H2,(H3,11,13,14,19)/t4-,5+,6-,9+/m0/s1. The van der Waals surface area contributed by atoms with Gasteiger partial charge in [-0.15, -0.1) is 0 Å². The fourth-order valence-electron chi connectivity index (χ4n) is 1.98. The number of azide groups is 1. The van der Waals surface area contributed by atoms with E-state index in [0.717, 1.165) is 6.20 Å². The van der Waals surface area contributed by atoms with E-state index in [1.54, 1.807) is 0 Å². The maximum Gasteiger partial charge on any atom is 0.346 e. The number of anilines is 1. The molecule has 2 heterocycles. The maximum atomic E-state index is 14.0. The minimum atomic E-state index is -2.25. The highest BCUT2D eigenvalue weighted by Gasteiger charge is 2.56. The SMILES string of the molecule is [N-]=[N+]=N[C@]1(CO)O[C@H](c2cnc(=O)[nH]c2N)[C@H](O)[C@@H]1F. The van der Waals surface area contributed by atoms with Crippen molar-refractivity contribution < 1.29 is 19.3 Å². The van der Waals surface area contributed by atoms with E-state index >= 15 is 0 Å². The maximum absolute atomic E-state index is 14.0. The molecule has 5 N–H and O–H groups in total. The zero-order valence-electron chi connectivity index (χ0n) is 9.97. The molecule has 1 aromatic rings. The summed E-state index contributed by atoms with van der Waals surface area (Å²) in [6.07, 6.45) is -4.24. The molecule has 20 heavy (non-hydrogen) atoms. The van der Waals surface area contributed by atoms with E-state index in [9.17, 15) is 14.3 Å².